The standard InChI is InChI=1S/C17H18ClNO3/c1-12-10-14(18)8-9-15(12)22-11-16(20)19-17(21-2)13-6-4-3-5-7-13/h3-10,17H,11H2,1-2H3,(H,19,20). The minimum atomic E-state index is -0.497. The first kappa shape index (κ1) is 16.3. The highest BCUT2D eigenvalue weighted by Crippen LogP contribution is 2.21. The summed E-state index contributed by atoms with van der Waals surface area (Å²) < 4.78 is 10.8. The average molecular weight is 320 g/mol. The lowest BCUT2D eigenvalue weighted by molar-refractivity contribution is -0.127. The molecule has 5 heteroatoms. The van der Waals surface area contributed by atoms with Crippen LogP contribution in [0.5, 0.6) is 5.75 Å². The fourth-order valence-electron chi connectivity index (χ4n) is 2.01. The number of benzene rings is 2. The van der Waals surface area contributed by atoms with Gasteiger partial charge in [-0.15, -0.1) is 0 Å². The van der Waals surface area contributed by atoms with Gasteiger partial charge in [0, 0.05) is 17.7 Å². The summed E-state index contributed by atoms with van der Waals surface area (Å²) in [6.45, 7) is 1.79. The maximum absolute atomic E-state index is 12.0. The second-order valence-corrected chi connectivity index (χ2v) is 5.23. The van der Waals surface area contributed by atoms with Gasteiger partial charge >= 0.3 is 0 Å². The van der Waals surface area contributed by atoms with Gasteiger partial charge in [0.1, 0.15) is 5.75 Å². The predicted octanol–water partition coefficient (Wildman–Crippen LogP) is 3.49. The minimum Gasteiger partial charge on any atom is -0.484 e. The summed E-state index contributed by atoms with van der Waals surface area (Å²) in [5.74, 6) is 0.373. The molecular weight excluding hydrogens is 302 g/mol. The molecule has 0 spiro atoms. The van der Waals surface area contributed by atoms with Crippen molar-refractivity contribution in [1.29, 1.82) is 0 Å². The molecular formula is C17H18ClNO3. The summed E-state index contributed by atoms with van der Waals surface area (Å²) in [6.07, 6.45) is -0.497. The molecule has 0 aliphatic carbocycles. The van der Waals surface area contributed by atoms with Gasteiger partial charge in [0.25, 0.3) is 5.91 Å². The fraction of sp³-hybridized carbons (Fsp3) is 0.235. The van der Waals surface area contributed by atoms with Gasteiger partial charge in [-0.25, -0.2) is 0 Å². The van der Waals surface area contributed by atoms with Crippen LogP contribution in [0.3, 0.4) is 0 Å². The van der Waals surface area contributed by atoms with Crippen LogP contribution in [0.25, 0.3) is 0 Å². The largest absolute Gasteiger partial charge is 0.484 e. The Balaban J connectivity index is 1.92. The van der Waals surface area contributed by atoms with Crippen LogP contribution < -0.4 is 10.1 Å². The van der Waals surface area contributed by atoms with Crippen LogP contribution in [0.4, 0.5) is 0 Å². The second kappa shape index (κ2) is 7.82. The van der Waals surface area contributed by atoms with Crippen molar-refractivity contribution in [1.82, 2.24) is 5.32 Å². The third kappa shape index (κ3) is 4.48. The van der Waals surface area contributed by atoms with E-state index in [1.165, 1.54) is 0 Å². The van der Waals surface area contributed by atoms with E-state index in [4.69, 9.17) is 21.1 Å². The molecule has 0 aromatic heterocycles. The Morgan fingerprint density at radius 3 is 2.59 bits per heavy atom. The van der Waals surface area contributed by atoms with Gasteiger partial charge in [-0.05, 0) is 30.7 Å². The number of aryl methyl sites for hydroxylation is 1. The lowest BCUT2D eigenvalue weighted by Gasteiger charge is -2.18. The van der Waals surface area contributed by atoms with Gasteiger partial charge in [-0.3, -0.25) is 4.79 Å². The number of halogens is 1. The third-order valence-corrected chi connectivity index (χ3v) is 3.36. The highest BCUT2D eigenvalue weighted by molar-refractivity contribution is 6.30. The second-order valence-electron chi connectivity index (χ2n) is 4.79. The molecule has 0 heterocycles. The predicted molar refractivity (Wildman–Crippen MR) is 86.0 cm³/mol. The Kier molecular flexibility index (Phi) is 5.81. The molecule has 0 saturated carbocycles. The normalized spacial score (nSPS) is 11.8. The molecule has 1 atom stereocenters. The monoisotopic (exact) mass is 319 g/mol. The Labute approximate surface area is 135 Å². The Hall–Kier alpha value is -2.04. The summed E-state index contributed by atoms with van der Waals surface area (Å²) in [5.41, 5.74) is 1.76. The zero-order valence-electron chi connectivity index (χ0n) is 12.5. The SMILES string of the molecule is COC(NC(=O)COc1ccc(Cl)cc1C)c1ccccc1. The lowest BCUT2D eigenvalue weighted by Crippen LogP contribution is -2.33. The van der Waals surface area contributed by atoms with Crippen LogP contribution in [-0.2, 0) is 9.53 Å². The maximum Gasteiger partial charge on any atom is 0.260 e. The number of ether oxygens (including phenoxy) is 2. The molecule has 1 unspecified atom stereocenters. The topological polar surface area (TPSA) is 47.6 Å². The summed E-state index contributed by atoms with van der Waals surface area (Å²) in [4.78, 5) is 12.0. The fourth-order valence-corrected chi connectivity index (χ4v) is 2.24. The summed E-state index contributed by atoms with van der Waals surface area (Å²) in [7, 11) is 1.54. The van der Waals surface area contributed by atoms with Crippen LogP contribution in [0.2, 0.25) is 5.02 Å². The molecule has 2 rings (SSSR count). The van der Waals surface area contributed by atoms with Crippen LogP contribution >= 0.6 is 11.6 Å². The van der Waals surface area contributed by atoms with E-state index >= 15 is 0 Å². The van der Waals surface area contributed by atoms with Crippen molar-refractivity contribution < 1.29 is 14.3 Å². The van der Waals surface area contributed by atoms with E-state index in [1.54, 1.807) is 25.3 Å². The molecule has 0 saturated heterocycles. The van der Waals surface area contributed by atoms with E-state index in [1.807, 2.05) is 37.3 Å². The van der Waals surface area contributed by atoms with Gasteiger partial charge in [0.05, 0.1) is 0 Å². The van der Waals surface area contributed by atoms with Crippen LogP contribution in [0.15, 0.2) is 48.5 Å². The van der Waals surface area contributed by atoms with Crippen molar-refractivity contribution in [3.8, 4) is 5.75 Å². The first-order valence-electron chi connectivity index (χ1n) is 6.86. The molecule has 2 aromatic rings. The molecule has 0 bridgehead atoms. The van der Waals surface area contributed by atoms with Crippen molar-refractivity contribution >= 4 is 17.5 Å². The van der Waals surface area contributed by atoms with Crippen molar-refractivity contribution in [2.75, 3.05) is 13.7 Å². The van der Waals surface area contributed by atoms with E-state index in [9.17, 15) is 4.79 Å². The molecule has 1 N–H and O–H groups in total. The Morgan fingerprint density at radius 2 is 1.95 bits per heavy atom. The molecule has 0 fully saturated rings. The van der Waals surface area contributed by atoms with Crippen LogP contribution in [0.1, 0.15) is 17.4 Å². The van der Waals surface area contributed by atoms with E-state index in [0.717, 1.165) is 11.1 Å². The number of rotatable bonds is 6. The third-order valence-electron chi connectivity index (χ3n) is 3.13. The lowest BCUT2D eigenvalue weighted by atomic mass is 10.2. The molecule has 0 radical (unpaired) electrons. The Bertz CT molecular complexity index is 631. The van der Waals surface area contributed by atoms with Gasteiger partial charge in [-0.1, -0.05) is 41.9 Å². The molecule has 0 aliphatic rings. The van der Waals surface area contributed by atoms with E-state index < -0.39 is 6.23 Å². The summed E-state index contributed by atoms with van der Waals surface area (Å²) in [6, 6.07) is 14.7. The molecule has 1 amide bonds. The van der Waals surface area contributed by atoms with Gasteiger partial charge in [0.15, 0.2) is 12.8 Å². The van der Waals surface area contributed by atoms with Gasteiger partial charge < -0.3 is 14.8 Å². The van der Waals surface area contributed by atoms with Crippen LogP contribution in [-0.4, -0.2) is 19.6 Å². The van der Waals surface area contributed by atoms with Gasteiger partial charge in [0.2, 0.25) is 0 Å². The Morgan fingerprint density at radius 1 is 1.23 bits per heavy atom. The van der Waals surface area contributed by atoms with Crippen molar-refractivity contribution in [3.05, 3.63) is 64.7 Å². The number of hydrogen-bond acceptors (Lipinski definition) is 3. The smallest absolute Gasteiger partial charge is 0.260 e. The number of nitrogens with one attached hydrogen (secondary N) is 1. The maximum atomic E-state index is 12.0. The quantitative estimate of drug-likeness (QED) is 0.829. The summed E-state index contributed by atoms with van der Waals surface area (Å²) in [5, 5.41) is 3.41. The molecule has 116 valence electrons. The van der Waals surface area contributed by atoms with Crippen LogP contribution in [0, 0.1) is 6.92 Å². The number of carbonyl (C=O) groups excluding carboxylic acids is 1. The van der Waals surface area contributed by atoms with Crippen molar-refractivity contribution in [2.24, 2.45) is 0 Å². The number of hydrogen-bond donors (Lipinski definition) is 1. The molecule has 0 aliphatic heterocycles. The summed E-state index contributed by atoms with van der Waals surface area (Å²) >= 11 is 5.88. The van der Waals surface area contributed by atoms with Gasteiger partial charge in [-0.2, -0.15) is 0 Å². The average Bonchev–Trinajstić information content (AvgIpc) is 2.52. The number of carbonyl (C=O) groups is 1. The molecule has 4 nitrogen and oxygen atoms in total. The van der Waals surface area contributed by atoms with E-state index in [2.05, 4.69) is 5.32 Å². The van der Waals surface area contributed by atoms with E-state index in [0.29, 0.717) is 10.8 Å². The zero-order chi connectivity index (χ0) is 15.9. The first-order chi connectivity index (χ1) is 10.6. The first-order valence-corrected chi connectivity index (χ1v) is 7.24. The molecule has 2 aromatic carbocycles. The van der Waals surface area contributed by atoms with E-state index in [-0.39, 0.29) is 12.5 Å². The zero-order valence-corrected chi connectivity index (χ0v) is 13.3. The van der Waals surface area contributed by atoms with Crippen molar-refractivity contribution in [3.63, 3.8) is 0 Å². The molecule has 22 heavy (non-hydrogen) atoms. The number of amides is 1. The highest BCUT2D eigenvalue weighted by atomic mass is 35.5. The van der Waals surface area contributed by atoms with Crippen molar-refractivity contribution in [2.45, 2.75) is 13.2 Å². The highest BCUT2D eigenvalue weighted by Gasteiger charge is 2.14. The minimum absolute atomic E-state index is 0.0881. The number of methoxy groups -OCH3 is 1.